The first kappa shape index (κ1) is 23.6. The van der Waals surface area contributed by atoms with E-state index >= 15 is 0 Å². The number of amides is 1. The largest absolute Gasteiger partial charge is 0.465 e. The molecular formula is C21H31NO6. The summed E-state index contributed by atoms with van der Waals surface area (Å²) in [4.78, 5) is 36.9. The molecule has 2 unspecified atom stereocenters. The Labute approximate surface area is 166 Å². The number of esters is 1. The van der Waals surface area contributed by atoms with E-state index in [2.05, 4.69) is 10.1 Å². The van der Waals surface area contributed by atoms with Crippen LogP contribution in [0.4, 0.5) is 4.79 Å². The molecule has 0 bridgehead atoms. The number of ketones is 1. The van der Waals surface area contributed by atoms with Crippen LogP contribution in [0.3, 0.4) is 0 Å². The van der Waals surface area contributed by atoms with E-state index in [-0.39, 0.29) is 5.78 Å². The van der Waals surface area contributed by atoms with Gasteiger partial charge in [-0.1, -0.05) is 12.1 Å². The third-order valence-electron chi connectivity index (χ3n) is 3.55. The van der Waals surface area contributed by atoms with E-state index in [1.165, 1.54) is 31.4 Å². The highest BCUT2D eigenvalue weighted by Gasteiger charge is 2.32. The van der Waals surface area contributed by atoms with Gasteiger partial charge < -0.3 is 19.5 Å². The van der Waals surface area contributed by atoms with Crippen LogP contribution >= 0.6 is 0 Å². The number of nitrogens with one attached hydrogen (secondary N) is 1. The van der Waals surface area contributed by atoms with Crippen LogP contribution in [0.15, 0.2) is 24.3 Å². The van der Waals surface area contributed by atoms with Gasteiger partial charge in [-0.25, -0.2) is 9.59 Å². The van der Waals surface area contributed by atoms with E-state index in [1.807, 2.05) is 20.8 Å². The van der Waals surface area contributed by atoms with Crippen LogP contribution in [-0.2, 0) is 14.2 Å². The van der Waals surface area contributed by atoms with E-state index in [9.17, 15) is 14.4 Å². The Bertz CT molecular complexity index is 697. The third-order valence-corrected chi connectivity index (χ3v) is 3.55. The molecule has 0 aliphatic heterocycles. The Hall–Kier alpha value is -2.41. The molecule has 0 spiro atoms. The van der Waals surface area contributed by atoms with Crippen molar-refractivity contribution in [2.75, 3.05) is 7.11 Å². The summed E-state index contributed by atoms with van der Waals surface area (Å²) in [6.45, 7) is 12.5. The van der Waals surface area contributed by atoms with Gasteiger partial charge in [-0.2, -0.15) is 0 Å². The van der Waals surface area contributed by atoms with Gasteiger partial charge in [0.2, 0.25) is 0 Å². The molecule has 0 radical (unpaired) electrons. The van der Waals surface area contributed by atoms with E-state index in [0.717, 1.165) is 0 Å². The first-order chi connectivity index (χ1) is 12.7. The molecule has 1 rings (SSSR count). The SMILES string of the molecule is COC(=O)c1ccc(C(=O)C(NC(=O)OC(C)(C)C)C(C)OC(C)(C)C)cc1. The van der Waals surface area contributed by atoms with E-state index in [1.54, 1.807) is 27.7 Å². The van der Waals surface area contributed by atoms with Crippen molar-refractivity contribution in [1.82, 2.24) is 5.32 Å². The lowest BCUT2D eigenvalue weighted by atomic mass is 9.98. The van der Waals surface area contributed by atoms with Crippen LogP contribution in [0.5, 0.6) is 0 Å². The van der Waals surface area contributed by atoms with Gasteiger partial charge in [0.25, 0.3) is 0 Å². The van der Waals surface area contributed by atoms with Crippen molar-refractivity contribution in [3.8, 4) is 0 Å². The molecule has 1 amide bonds. The summed E-state index contributed by atoms with van der Waals surface area (Å²) in [6, 6.07) is 5.07. The molecule has 7 nitrogen and oxygen atoms in total. The fourth-order valence-corrected chi connectivity index (χ4v) is 2.52. The molecular weight excluding hydrogens is 362 g/mol. The molecule has 0 aliphatic carbocycles. The van der Waals surface area contributed by atoms with Crippen LogP contribution < -0.4 is 5.32 Å². The summed E-state index contributed by atoms with van der Waals surface area (Å²) < 4.78 is 15.8. The summed E-state index contributed by atoms with van der Waals surface area (Å²) >= 11 is 0. The monoisotopic (exact) mass is 393 g/mol. The van der Waals surface area contributed by atoms with Crippen LogP contribution in [0, 0.1) is 0 Å². The molecule has 1 aromatic carbocycles. The van der Waals surface area contributed by atoms with E-state index in [4.69, 9.17) is 9.47 Å². The zero-order chi connectivity index (χ0) is 21.7. The summed E-state index contributed by atoms with van der Waals surface area (Å²) in [7, 11) is 1.29. The van der Waals surface area contributed by atoms with Crippen molar-refractivity contribution in [2.45, 2.75) is 71.8 Å². The standard InChI is InChI=1S/C21H31NO6/c1-13(27-20(2,3)4)16(22-19(25)28-21(5,6)7)17(23)14-9-11-15(12-10-14)18(24)26-8/h9-13,16H,1-8H3,(H,22,25). The Morgan fingerprint density at radius 1 is 0.893 bits per heavy atom. The molecule has 0 heterocycles. The average Bonchev–Trinajstić information content (AvgIpc) is 2.55. The van der Waals surface area contributed by atoms with Crippen LogP contribution in [-0.4, -0.2) is 48.3 Å². The van der Waals surface area contributed by atoms with Gasteiger partial charge in [-0.3, -0.25) is 4.79 Å². The van der Waals surface area contributed by atoms with Gasteiger partial charge in [0.1, 0.15) is 11.6 Å². The van der Waals surface area contributed by atoms with Crippen molar-refractivity contribution in [3.05, 3.63) is 35.4 Å². The molecule has 28 heavy (non-hydrogen) atoms. The number of carbonyl (C=O) groups excluding carboxylic acids is 3. The zero-order valence-corrected chi connectivity index (χ0v) is 17.9. The minimum Gasteiger partial charge on any atom is -0.465 e. The smallest absolute Gasteiger partial charge is 0.408 e. The lowest BCUT2D eigenvalue weighted by Crippen LogP contribution is -2.51. The van der Waals surface area contributed by atoms with Crippen molar-refractivity contribution >= 4 is 17.8 Å². The lowest BCUT2D eigenvalue weighted by Gasteiger charge is -2.31. The van der Waals surface area contributed by atoms with Gasteiger partial charge in [0.05, 0.1) is 24.4 Å². The van der Waals surface area contributed by atoms with Crippen molar-refractivity contribution in [1.29, 1.82) is 0 Å². The molecule has 0 saturated heterocycles. The third kappa shape index (κ3) is 7.68. The Kier molecular flexibility index (Phi) is 7.75. The molecule has 1 aromatic rings. The van der Waals surface area contributed by atoms with Gasteiger partial charge in [-0.05, 0) is 60.6 Å². The highest BCUT2D eigenvalue weighted by atomic mass is 16.6. The summed E-state index contributed by atoms with van der Waals surface area (Å²) in [6.07, 6.45) is -1.32. The summed E-state index contributed by atoms with van der Waals surface area (Å²) in [5, 5.41) is 2.62. The highest BCUT2D eigenvalue weighted by Crippen LogP contribution is 2.18. The normalized spacial score (nSPS) is 14.0. The summed E-state index contributed by atoms with van der Waals surface area (Å²) in [5.74, 6) is -0.842. The first-order valence-electron chi connectivity index (χ1n) is 9.13. The number of rotatable bonds is 6. The molecule has 0 aliphatic rings. The van der Waals surface area contributed by atoms with E-state index < -0.39 is 35.4 Å². The molecule has 0 fully saturated rings. The number of hydrogen-bond acceptors (Lipinski definition) is 6. The van der Waals surface area contributed by atoms with E-state index in [0.29, 0.717) is 11.1 Å². The minimum absolute atomic E-state index is 0.328. The van der Waals surface area contributed by atoms with Crippen LogP contribution in [0.25, 0.3) is 0 Å². The second-order valence-corrected chi connectivity index (χ2v) is 8.49. The molecule has 0 saturated carbocycles. The second kappa shape index (κ2) is 9.19. The fraction of sp³-hybridized carbons (Fsp3) is 0.571. The fourth-order valence-electron chi connectivity index (χ4n) is 2.52. The minimum atomic E-state index is -0.960. The quantitative estimate of drug-likeness (QED) is 0.585. The number of hydrogen-bond donors (Lipinski definition) is 1. The van der Waals surface area contributed by atoms with Crippen molar-refractivity contribution in [3.63, 3.8) is 0 Å². The second-order valence-electron chi connectivity index (χ2n) is 8.49. The van der Waals surface area contributed by atoms with Crippen LogP contribution in [0.1, 0.15) is 69.2 Å². The lowest BCUT2D eigenvalue weighted by molar-refractivity contribution is -0.0621. The maximum absolute atomic E-state index is 13.1. The maximum atomic E-state index is 13.1. The zero-order valence-electron chi connectivity index (χ0n) is 17.9. The Morgan fingerprint density at radius 3 is 1.82 bits per heavy atom. The Morgan fingerprint density at radius 2 is 1.39 bits per heavy atom. The van der Waals surface area contributed by atoms with Crippen molar-refractivity contribution < 1.29 is 28.6 Å². The summed E-state index contributed by atoms with van der Waals surface area (Å²) in [5.41, 5.74) is -0.552. The van der Waals surface area contributed by atoms with Crippen molar-refractivity contribution in [2.24, 2.45) is 0 Å². The number of Topliss-reactive ketones (excluding diaryl/α,β-unsaturated/α-hetero) is 1. The first-order valence-corrected chi connectivity index (χ1v) is 9.13. The maximum Gasteiger partial charge on any atom is 0.408 e. The van der Waals surface area contributed by atoms with Gasteiger partial charge >= 0.3 is 12.1 Å². The number of benzene rings is 1. The molecule has 1 N–H and O–H groups in total. The number of methoxy groups -OCH3 is 1. The average molecular weight is 393 g/mol. The number of alkyl carbamates (subject to hydrolysis) is 1. The predicted molar refractivity (Wildman–Crippen MR) is 106 cm³/mol. The predicted octanol–water partition coefficient (Wildman–Crippen LogP) is 3.75. The van der Waals surface area contributed by atoms with Crippen LogP contribution in [0.2, 0.25) is 0 Å². The molecule has 0 aromatic heterocycles. The number of carbonyl (C=O) groups is 3. The Balaban J connectivity index is 3.09. The molecule has 2 atom stereocenters. The van der Waals surface area contributed by atoms with Gasteiger partial charge in [0, 0.05) is 5.56 Å². The highest BCUT2D eigenvalue weighted by molar-refractivity contribution is 6.02. The number of ether oxygens (including phenoxy) is 3. The molecule has 156 valence electrons. The van der Waals surface area contributed by atoms with Gasteiger partial charge in [-0.15, -0.1) is 0 Å². The van der Waals surface area contributed by atoms with Gasteiger partial charge in [0.15, 0.2) is 5.78 Å². The topological polar surface area (TPSA) is 90.9 Å². The molecule has 7 heteroatoms.